The van der Waals surface area contributed by atoms with Gasteiger partial charge in [0.2, 0.25) is 0 Å². The van der Waals surface area contributed by atoms with Crippen LogP contribution in [0, 0.1) is 11.8 Å². The van der Waals surface area contributed by atoms with Crippen LogP contribution < -0.4 is 5.73 Å². The predicted octanol–water partition coefficient (Wildman–Crippen LogP) is 1.07. The highest BCUT2D eigenvalue weighted by Crippen LogP contribution is 2.10. The fourth-order valence-electron chi connectivity index (χ4n) is 1.26. The second kappa shape index (κ2) is 3.81. The Balaban J connectivity index is 2.49. The molecule has 15 heavy (non-hydrogen) atoms. The summed E-state index contributed by atoms with van der Waals surface area (Å²) in [6.07, 6.45) is 0. The van der Waals surface area contributed by atoms with Crippen LogP contribution in [0.5, 0.6) is 0 Å². The van der Waals surface area contributed by atoms with Gasteiger partial charge in [0.25, 0.3) is 5.91 Å². The van der Waals surface area contributed by atoms with Gasteiger partial charge in [0.15, 0.2) is 0 Å². The number of hydrogen-bond acceptors (Lipinski definition) is 2. The summed E-state index contributed by atoms with van der Waals surface area (Å²) in [5.74, 6) is 4.21. The summed E-state index contributed by atoms with van der Waals surface area (Å²) >= 11 is 0. The molecule has 2 aromatic rings. The smallest absolute Gasteiger partial charge is 0.293 e. The van der Waals surface area contributed by atoms with Crippen LogP contribution in [0.15, 0.2) is 36.4 Å². The van der Waals surface area contributed by atoms with Crippen molar-refractivity contribution in [3.05, 3.63) is 42.1 Å². The van der Waals surface area contributed by atoms with Crippen molar-refractivity contribution in [1.29, 1.82) is 0 Å². The fourth-order valence-corrected chi connectivity index (χ4v) is 1.26. The maximum atomic E-state index is 10.5. The molecule has 0 radical (unpaired) electrons. The molecule has 0 saturated heterocycles. The summed E-state index contributed by atoms with van der Waals surface area (Å²) in [5, 5.41) is 1.04. The zero-order valence-electron chi connectivity index (χ0n) is 7.90. The summed E-state index contributed by atoms with van der Waals surface area (Å²) in [4.78, 5) is 14.7. The molecule has 0 aliphatic carbocycles. The third-order valence-corrected chi connectivity index (χ3v) is 1.91. The Labute approximate surface area is 86.9 Å². The van der Waals surface area contributed by atoms with E-state index in [2.05, 4.69) is 16.8 Å². The Bertz CT molecular complexity index is 579. The Morgan fingerprint density at radius 2 is 2.00 bits per heavy atom. The number of nitrogens with zero attached hydrogens (tertiary/aromatic N) is 1. The summed E-state index contributed by atoms with van der Waals surface area (Å²) < 4.78 is 0. The van der Waals surface area contributed by atoms with Crippen molar-refractivity contribution in [3.63, 3.8) is 0 Å². The summed E-state index contributed by atoms with van der Waals surface area (Å²) in [6.45, 7) is 0. The summed E-state index contributed by atoms with van der Waals surface area (Å²) in [7, 11) is 0. The van der Waals surface area contributed by atoms with E-state index in [9.17, 15) is 4.79 Å². The molecule has 72 valence electrons. The van der Waals surface area contributed by atoms with Crippen molar-refractivity contribution < 1.29 is 4.79 Å². The molecule has 1 amide bonds. The number of para-hydroxylation sites is 1. The van der Waals surface area contributed by atoms with Crippen LogP contribution in [0.2, 0.25) is 0 Å². The minimum absolute atomic E-state index is 0.549. The molecule has 0 saturated carbocycles. The van der Waals surface area contributed by atoms with Crippen molar-refractivity contribution in [2.75, 3.05) is 0 Å². The molecule has 1 aromatic heterocycles. The summed E-state index contributed by atoms with van der Waals surface area (Å²) in [5.41, 5.74) is 6.32. The van der Waals surface area contributed by atoms with Crippen molar-refractivity contribution in [2.45, 2.75) is 0 Å². The largest absolute Gasteiger partial charge is 0.359 e. The number of nitrogens with two attached hydrogens (primary N) is 1. The Morgan fingerprint density at radius 1 is 1.20 bits per heavy atom. The van der Waals surface area contributed by atoms with Gasteiger partial charge in [-0.3, -0.25) is 4.79 Å². The molecular weight excluding hydrogens is 188 g/mol. The number of primary amides is 1. The average molecular weight is 196 g/mol. The molecule has 1 aromatic carbocycles. The fraction of sp³-hybridized carbons (Fsp3) is 0. The molecular formula is C12H8N2O. The minimum atomic E-state index is -0.648. The van der Waals surface area contributed by atoms with Gasteiger partial charge in [0, 0.05) is 11.3 Å². The molecule has 0 spiro atoms. The number of fused-ring (bicyclic) bond motifs is 1. The van der Waals surface area contributed by atoms with Crippen molar-refractivity contribution in [3.8, 4) is 11.8 Å². The number of rotatable bonds is 0. The number of amides is 1. The van der Waals surface area contributed by atoms with E-state index < -0.39 is 5.91 Å². The standard InChI is InChI=1S/C12H8N2O/c13-12(15)8-7-10-6-5-9-3-1-2-4-11(9)14-10/h1-6H,(H2,13,15). The van der Waals surface area contributed by atoms with Gasteiger partial charge in [-0.15, -0.1) is 0 Å². The molecule has 3 heteroatoms. The zero-order chi connectivity index (χ0) is 10.7. The zero-order valence-corrected chi connectivity index (χ0v) is 7.90. The second-order valence-electron chi connectivity index (χ2n) is 3.00. The van der Waals surface area contributed by atoms with Gasteiger partial charge in [-0.05, 0) is 18.1 Å². The van der Waals surface area contributed by atoms with Crippen molar-refractivity contribution >= 4 is 16.8 Å². The molecule has 0 aliphatic heterocycles. The van der Waals surface area contributed by atoms with E-state index in [1.807, 2.05) is 30.3 Å². The van der Waals surface area contributed by atoms with Crippen LogP contribution in [-0.2, 0) is 4.79 Å². The lowest BCUT2D eigenvalue weighted by Crippen LogP contribution is -2.06. The van der Waals surface area contributed by atoms with E-state index in [4.69, 9.17) is 5.73 Å². The molecule has 2 rings (SSSR count). The third-order valence-electron chi connectivity index (χ3n) is 1.91. The van der Waals surface area contributed by atoms with Crippen LogP contribution >= 0.6 is 0 Å². The van der Waals surface area contributed by atoms with E-state index in [0.29, 0.717) is 5.69 Å². The molecule has 3 nitrogen and oxygen atoms in total. The quantitative estimate of drug-likeness (QED) is 0.641. The van der Waals surface area contributed by atoms with E-state index >= 15 is 0 Å². The van der Waals surface area contributed by atoms with Gasteiger partial charge in [-0.25, -0.2) is 4.98 Å². The monoisotopic (exact) mass is 196 g/mol. The first-order chi connectivity index (χ1) is 7.25. The lowest BCUT2D eigenvalue weighted by molar-refractivity contribution is -0.112. The van der Waals surface area contributed by atoms with E-state index in [1.54, 1.807) is 6.07 Å². The highest BCUT2D eigenvalue weighted by molar-refractivity contribution is 5.92. The first kappa shape index (κ1) is 9.22. The van der Waals surface area contributed by atoms with Crippen LogP contribution in [0.4, 0.5) is 0 Å². The van der Waals surface area contributed by atoms with Crippen molar-refractivity contribution in [1.82, 2.24) is 4.98 Å². The Morgan fingerprint density at radius 3 is 2.80 bits per heavy atom. The molecule has 0 unspecified atom stereocenters. The average Bonchev–Trinajstić information content (AvgIpc) is 2.26. The van der Waals surface area contributed by atoms with Gasteiger partial charge in [0.05, 0.1) is 5.52 Å². The van der Waals surface area contributed by atoms with Crippen LogP contribution in [0.1, 0.15) is 5.69 Å². The highest BCUT2D eigenvalue weighted by atomic mass is 16.1. The van der Waals surface area contributed by atoms with Gasteiger partial charge >= 0.3 is 0 Å². The van der Waals surface area contributed by atoms with Gasteiger partial charge in [-0.1, -0.05) is 24.3 Å². The predicted molar refractivity (Wildman–Crippen MR) is 57.8 cm³/mol. The van der Waals surface area contributed by atoms with Crippen LogP contribution in [0.3, 0.4) is 0 Å². The third kappa shape index (κ3) is 2.12. The number of carbonyl (C=O) groups excluding carboxylic acids is 1. The second-order valence-corrected chi connectivity index (χ2v) is 3.00. The molecule has 0 bridgehead atoms. The Kier molecular flexibility index (Phi) is 2.34. The van der Waals surface area contributed by atoms with Gasteiger partial charge < -0.3 is 5.73 Å². The van der Waals surface area contributed by atoms with E-state index in [-0.39, 0.29) is 0 Å². The maximum absolute atomic E-state index is 10.5. The first-order valence-electron chi connectivity index (χ1n) is 4.43. The molecule has 1 heterocycles. The van der Waals surface area contributed by atoms with E-state index in [0.717, 1.165) is 10.9 Å². The maximum Gasteiger partial charge on any atom is 0.293 e. The molecule has 0 fully saturated rings. The number of benzene rings is 1. The first-order valence-corrected chi connectivity index (χ1v) is 4.43. The normalized spacial score (nSPS) is 9.33. The van der Waals surface area contributed by atoms with Crippen molar-refractivity contribution in [2.24, 2.45) is 5.73 Å². The molecule has 0 aliphatic rings. The highest BCUT2D eigenvalue weighted by Gasteiger charge is 1.94. The summed E-state index contributed by atoms with van der Waals surface area (Å²) in [6, 6.07) is 11.4. The SMILES string of the molecule is NC(=O)C#Cc1ccc2ccccc2n1. The number of aromatic nitrogens is 1. The minimum Gasteiger partial charge on any atom is -0.359 e. The van der Waals surface area contributed by atoms with E-state index in [1.165, 1.54) is 0 Å². The van der Waals surface area contributed by atoms with Crippen LogP contribution in [0.25, 0.3) is 10.9 Å². The number of carbonyl (C=O) groups is 1. The Hall–Kier alpha value is -2.34. The lowest BCUT2D eigenvalue weighted by atomic mass is 10.2. The number of hydrogen-bond donors (Lipinski definition) is 1. The van der Waals surface area contributed by atoms with Crippen LogP contribution in [-0.4, -0.2) is 10.9 Å². The molecule has 0 atom stereocenters. The molecule has 2 N–H and O–H groups in total. The van der Waals surface area contributed by atoms with Gasteiger partial charge in [0.1, 0.15) is 5.69 Å². The lowest BCUT2D eigenvalue weighted by Gasteiger charge is -1.95. The topological polar surface area (TPSA) is 56.0 Å². The number of pyridine rings is 1. The van der Waals surface area contributed by atoms with Gasteiger partial charge in [-0.2, -0.15) is 0 Å².